The Morgan fingerprint density at radius 3 is 2.57 bits per heavy atom. The standard InChI is InChI=1S/C17H27NO2Si/c1-17(2,3)21(5,6)20-12-10-18(4)15-7-8-16-14(13-15)9-11-19-16/h7-9,11,13H,10,12H2,1-6H3. The van der Waals surface area contributed by atoms with E-state index in [1.165, 1.54) is 5.69 Å². The number of furan rings is 1. The number of rotatable bonds is 5. The first-order valence-corrected chi connectivity index (χ1v) is 10.4. The second-order valence-corrected chi connectivity index (χ2v) is 12.0. The van der Waals surface area contributed by atoms with Crippen molar-refractivity contribution in [2.24, 2.45) is 0 Å². The van der Waals surface area contributed by atoms with Crippen LogP contribution in [0.3, 0.4) is 0 Å². The first-order chi connectivity index (χ1) is 9.71. The predicted octanol–water partition coefficient (Wildman–Crippen LogP) is 4.89. The van der Waals surface area contributed by atoms with Gasteiger partial charge < -0.3 is 13.7 Å². The van der Waals surface area contributed by atoms with Crippen molar-refractivity contribution in [3.63, 3.8) is 0 Å². The van der Waals surface area contributed by atoms with E-state index in [0.29, 0.717) is 0 Å². The molecule has 0 unspecified atom stereocenters. The second-order valence-electron chi connectivity index (χ2n) is 7.17. The first kappa shape index (κ1) is 16.1. The summed E-state index contributed by atoms with van der Waals surface area (Å²) in [6.07, 6.45) is 1.73. The number of anilines is 1. The van der Waals surface area contributed by atoms with Gasteiger partial charge in [-0.3, -0.25) is 0 Å². The zero-order valence-electron chi connectivity index (χ0n) is 14.1. The topological polar surface area (TPSA) is 25.6 Å². The maximum atomic E-state index is 6.24. The van der Waals surface area contributed by atoms with Crippen LogP contribution in [0.15, 0.2) is 34.9 Å². The van der Waals surface area contributed by atoms with Gasteiger partial charge in [0.15, 0.2) is 8.32 Å². The van der Waals surface area contributed by atoms with Gasteiger partial charge in [0, 0.05) is 24.7 Å². The lowest BCUT2D eigenvalue weighted by molar-refractivity contribution is 0.296. The average Bonchev–Trinajstić information content (AvgIpc) is 2.84. The normalized spacial score (nSPS) is 12.9. The van der Waals surface area contributed by atoms with E-state index in [4.69, 9.17) is 8.84 Å². The van der Waals surface area contributed by atoms with Gasteiger partial charge in [0.05, 0.1) is 12.9 Å². The number of benzene rings is 1. The molecule has 3 nitrogen and oxygen atoms in total. The van der Waals surface area contributed by atoms with E-state index in [1.807, 2.05) is 12.1 Å². The lowest BCUT2D eigenvalue weighted by Gasteiger charge is -2.36. The van der Waals surface area contributed by atoms with Gasteiger partial charge in [-0.1, -0.05) is 20.8 Å². The van der Waals surface area contributed by atoms with Crippen LogP contribution in [0.25, 0.3) is 11.0 Å². The van der Waals surface area contributed by atoms with Crippen LogP contribution in [0.4, 0.5) is 5.69 Å². The summed E-state index contributed by atoms with van der Waals surface area (Å²) in [5.74, 6) is 0. The van der Waals surface area contributed by atoms with Crippen LogP contribution in [-0.2, 0) is 4.43 Å². The molecule has 0 aliphatic rings. The van der Waals surface area contributed by atoms with Gasteiger partial charge >= 0.3 is 0 Å². The Labute approximate surface area is 129 Å². The van der Waals surface area contributed by atoms with Crippen LogP contribution < -0.4 is 4.90 Å². The fourth-order valence-electron chi connectivity index (χ4n) is 1.97. The molecule has 0 aliphatic carbocycles. The van der Waals surface area contributed by atoms with Gasteiger partial charge in [0.25, 0.3) is 0 Å². The quantitative estimate of drug-likeness (QED) is 0.735. The van der Waals surface area contributed by atoms with Crippen LogP contribution in [0, 0.1) is 0 Å². The smallest absolute Gasteiger partial charge is 0.192 e. The Kier molecular flexibility index (Phi) is 4.49. The van der Waals surface area contributed by atoms with Crippen molar-refractivity contribution >= 4 is 25.0 Å². The van der Waals surface area contributed by atoms with Crippen molar-refractivity contribution in [2.75, 3.05) is 25.1 Å². The molecule has 4 heteroatoms. The van der Waals surface area contributed by atoms with Crippen LogP contribution in [-0.4, -0.2) is 28.5 Å². The van der Waals surface area contributed by atoms with Gasteiger partial charge in [-0.05, 0) is 42.4 Å². The highest BCUT2D eigenvalue weighted by molar-refractivity contribution is 6.74. The molecule has 21 heavy (non-hydrogen) atoms. The SMILES string of the molecule is CN(CCO[Si](C)(C)C(C)(C)C)c1ccc2occc2c1. The number of hydrogen-bond donors (Lipinski definition) is 0. The Hall–Kier alpha value is -1.26. The van der Waals surface area contributed by atoms with Gasteiger partial charge in [-0.2, -0.15) is 0 Å². The van der Waals surface area contributed by atoms with Crippen molar-refractivity contribution in [2.45, 2.75) is 38.9 Å². The Balaban J connectivity index is 1.94. The number of hydrogen-bond acceptors (Lipinski definition) is 3. The average molecular weight is 305 g/mol. The zero-order chi connectivity index (χ0) is 15.7. The molecule has 0 N–H and O–H groups in total. The minimum Gasteiger partial charge on any atom is -0.464 e. The first-order valence-electron chi connectivity index (χ1n) is 7.53. The largest absolute Gasteiger partial charge is 0.464 e. The van der Waals surface area contributed by atoms with Crippen molar-refractivity contribution in [1.29, 1.82) is 0 Å². The van der Waals surface area contributed by atoms with E-state index >= 15 is 0 Å². The summed E-state index contributed by atoms with van der Waals surface area (Å²) in [6.45, 7) is 13.1. The molecule has 0 saturated heterocycles. The summed E-state index contributed by atoms with van der Waals surface area (Å²) in [6, 6.07) is 8.28. The van der Waals surface area contributed by atoms with Gasteiger partial charge in [0.2, 0.25) is 0 Å². The molecule has 0 bridgehead atoms. The maximum Gasteiger partial charge on any atom is 0.192 e. The minimum absolute atomic E-state index is 0.265. The molecule has 0 saturated carbocycles. The summed E-state index contributed by atoms with van der Waals surface area (Å²) in [5, 5.41) is 1.41. The van der Waals surface area contributed by atoms with Gasteiger partial charge in [-0.25, -0.2) is 0 Å². The highest BCUT2D eigenvalue weighted by Gasteiger charge is 2.36. The predicted molar refractivity (Wildman–Crippen MR) is 92.6 cm³/mol. The summed E-state index contributed by atoms with van der Waals surface area (Å²) in [4.78, 5) is 2.24. The summed E-state index contributed by atoms with van der Waals surface area (Å²) in [7, 11) is 0.460. The Morgan fingerprint density at radius 2 is 1.90 bits per heavy atom. The Bertz CT molecular complexity index is 598. The van der Waals surface area contributed by atoms with Crippen molar-refractivity contribution < 1.29 is 8.84 Å². The summed E-state index contributed by atoms with van der Waals surface area (Å²) < 4.78 is 11.6. The highest BCUT2D eigenvalue weighted by atomic mass is 28.4. The van der Waals surface area contributed by atoms with E-state index in [-0.39, 0.29) is 5.04 Å². The monoisotopic (exact) mass is 305 g/mol. The molecule has 2 aromatic rings. The van der Waals surface area contributed by atoms with Crippen LogP contribution in [0.5, 0.6) is 0 Å². The van der Waals surface area contributed by atoms with E-state index in [2.05, 4.69) is 57.9 Å². The van der Waals surface area contributed by atoms with Crippen LogP contribution in [0.1, 0.15) is 20.8 Å². The van der Waals surface area contributed by atoms with Crippen molar-refractivity contribution in [3.8, 4) is 0 Å². The minimum atomic E-state index is -1.65. The van der Waals surface area contributed by atoms with E-state index in [0.717, 1.165) is 24.1 Å². The van der Waals surface area contributed by atoms with Crippen LogP contribution in [0.2, 0.25) is 18.1 Å². The molecule has 2 rings (SSSR count). The van der Waals surface area contributed by atoms with Gasteiger partial charge in [-0.15, -0.1) is 0 Å². The lowest BCUT2D eigenvalue weighted by atomic mass is 10.2. The lowest BCUT2D eigenvalue weighted by Crippen LogP contribution is -2.42. The van der Waals surface area contributed by atoms with Crippen LogP contribution >= 0.6 is 0 Å². The highest BCUT2D eigenvalue weighted by Crippen LogP contribution is 2.36. The molecule has 0 fully saturated rings. The number of fused-ring (bicyclic) bond motifs is 1. The molecule has 116 valence electrons. The van der Waals surface area contributed by atoms with E-state index in [1.54, 1.807) is 6.26 Å². The third kappa shape index (κ3) is 3.69. The molecule has 0 atom stereocenters. The molecule has 0 spiro atoms. The van der Waals surface area contributed by atoms with Crippen molar-refractivity contribution in [3.05, 3.63) is 30.5 Å². The fourth-order valence-corrected chi connectivity index (χ4v) is 3.01. The fraction of sp³-hybridized carbons (Fsp3) is 0.529. The molecule has 1 heterocycles. The Morgan fingerprint density at radius 1 is 1.19 bits per heavy atom. The molecule has 1 aromatic heterocycles. The summed E-state index contributed by atoms with van der Waals surface area (Å²) >= 11 is 0. The molecule has 0 amide bonds. The van der Waals surface area contributed by atoms with E-state index < -0.39 is 8.32 Å². The molecular weight excluding hydrogens is 278 g/mol. The molecule has 0 aliphatic heterocycles. The molecule has 1 aromatic carbocycles. The van der Waals surface area contributed by atoms with Gasteiger partial charge in [0.1, 0.15) is 5.58 Å². The number of likely N-dealkylation sites (N-methyl/N-ethyl adjacent to an activating group) is 1. The second kappa shape index (κ2) is 5.85. The maximum absolute atomic E-state index is 6.24. The molecular formula is C17H27NO2Si. The summed E-state index contributed by atoms with van der Waals surface area (Å²) in [5.41, 5.74) is 2.13. The molecule has 0 radical (unpaired) electrons. The van der Waals surface area contributed by atoms with Crippen molar-refractivity contribution in [1.82, 2.24) is 0 Å². The number of nitrogens with zero attached hydrogens (tertiary/aromatic N) is 1. The zero-order valence-corrected chi connectivity index (χ0v) is 15.1. The third-order valence-electron chi connectivity index (χ3n) is 4.57. The third-order valence-corrected chi connectivity index (χ3v) is 9.11. The van der Waals surface area contributed by atoms with E-state index in [9.17, 15) is 0 Å².